The van der Waals surface area contributed by atoms with Gasteiger partial charge in [-0.2, -0.15) is 5.06 Å². The SMILES string of the molecule is COc1ccc(CC2CCN(OC(C)c3ccc(F)cc3)CC2)c(N)c1. The van der Waals surface area contributed by atoms with Crippen LogP contribution in [0.2, 0.25) is 0 Å². The van der Waals surface area contributed by atoms with Crippen LogP contribution in [0.1, 0.15) is 37.0 Å². The van der Waals surface area contributed by atoms with E-state index in [0.29, 0.717) is 5.92 Å². The van der Waals surface area contributed by atoms with Gasteiger partial charge >= 0.3 is 0 Å². The van der Waals surface area contributed by atoms with Gasteiger partial charge < -0.3 is 10.5 Å². The Morgan fingerprint density at radius 3 is 2.46 bits per heavy atom. The molecule has 2 aromatic carbocycles. The van der Waals surface area contributed by atoms with E-state index in [4.69, 9.17) is 15.3 Å². The number of nitrogens with two attached hydrogens (primary N) is 1. The average molecular weight is 358 g/mol. The van der Waals surface area contributed by atoms with Crippen LogP contribution in [0.4, 0.5) is 10.1 Å². The molecule has 3 rings (SSSR count). The fourth-order valence-corrected chi connectivity index (χ4v) is 3.43. The molecule has 1 atom stereocenters. The lowest BCUT2D eigenvalue weighted by Crippen LogP contribution is -2.35. The minimum absolute atomic E-state index is 0.0793. The summed E-state index contributed by atoms with van der Waals surface area (Å²) >= 11 is 0. The first kappa shape index (κ1) is 18.7. The number of anilines is 1. The number of rotatable bonds is 6. The zero-order valence-corrected chi connectivity index (χ0v) is 15.5. The predicted octanol–water partition coefficient (Wildman–Crippen LogP) is 4.36. The molecule has 1 heterocycles. The van der Waals surface area contributed by atoms with Crippen molar-refractivity contribution in [2.75, 3.05) is 25.9 Å². The first-order valence-corrected chi connectivity index (χ1v) is 9.14. The summed E-state index contributed by atoms with van der Waals surface area (Å²) in [6, 6.07) is 12.4. The van der Waals surface area contributed by atoms with Crippen molar-refractivity contribution in [3.05, 3.63) is 59.4 Å². The fraction of sp³-hybridized carbons (Fsp3) is 0.429. The molecule has 1 aliphatic rings. The van der Waals surface area contributed by atoms with E-state index in [9.17, 15) is 4.39 Å². The quantitative estimate of drug-likeness (QED) is 0.779. The van der Waals surface area contributed by atoms with E-state index < -0.39 is 0 Å². The molecule has 1 fully saturated rings. The maximum Gasteiger partial charge on any atom is 0.123 e. The highest BCUT2D eigenvalue weighted by Gasteiger charge is 2.22. The summed E-state index contributed by atoms with van der Waals surface area (Å²) < 4.78 is 18.2. The number of nitrogen functional groups attached to an aromatic ring is 1. The lowest BCUT2D eigenvalue weighted by Gasteiger charge is -2.33. The first-order valence-electron chi connectivity index (χ1n) is 9.14. The number of nitrogens with zero attached hydrogens (tertiary/aromatic N) is 1. The summed E-state index contributed by atoms with van der Waals surface area (Å²) in [5.41, 5.74) is 9.11. The summed E-state index contributed by atoms with van der Waals surface area (Å²) in [5.74, 6) is 1.18. The first-order chi connectivity index (χ1) is 12.5. The highest BCUT2D eigenvalue weighted by molar-refractivity contribution is 5.51. The largest absolute Gasteiger partial charge is 0.497 e. The molecule has 0 aromatic heterocycles. The Kier molecular flexibility index (Phi) is 6.12. The molecule has 0 amide bonds. The van der Waals surface area contributed by atoms with E-state index in [2.05, 4.69) is 6.07 Å². The second-order valence-corrected chi connectivity index (χ2v) is 6.94. The average Bonchev–Trinajstić information content (AvgIpc) is 2.65. The van der Waals surface area contributed by atoms with E-state index in [0.717, 1.165) is 49.4 Å². The van der Waals surface area contributed by atoms with Gasteiger partial charge in [-0.05, 0) is 61.4 Å². The molecule has 140 valence electrons. The minimum atomic E-state index is -0.223. The van der Waals surface area contributed by atoms with Crippen LogP contribution in [-0.4, -0.2) is 25.3 Å². The monoisotopic (exact) mass is 358 g/mol. The van der Waals surface area contributed by atoms with Crippen LogP contribution < -0.4 is 10.5 Å². The molecule has 0 bridgehead atoms. The van der Waals surface area contributed by atoms with Crippen molar-refractivity contribution in [2.24, 2.45) is 5.92 Å². The van der Waals surface area contributed by atoms with Gasteiger partial charge in [0.25, 0.3) is 0 Å². The van der Waals surface area contributed by atoms with Crippen molar-refractivity contribution in [1.29, 1.82) is 0 Å². The Morgan fingerprint density at radius 1 is 1.15 bits per heavy atom. The van der Waals surface area contributed by atoms with Crippen LogP contribution in [0.25, 0.3) is 0 Å². The Hall–Kier alpha value is -2.11. The number of piperidine rings is 1. The summed E-state index contributed by atoms with van der Waals surface area (Å²) in [6.45, 7) is 3.79. The number of hydroxylamine groups is 2. The van der Waals surface area contributed by atoms with Gasteiger partial charge in [0.15, 0.2) is 0 Å². The van der Waals surface area contributed by atoms with Gasteiger partial charge in [-0.25, -0.2) is 4.39 Å². The van der Waals surface area contributed by atoms with E-state index in [1.54, 1.807) is 19.2 Å². The highest BCUT2D eigenvalue weighted by Crippen LogP contribution is 2.28. The molecule has 4 nitrogen and oxygen atoms in total. The molecule has 1 aliphatic heterocycles. The van der Waals surface area contributed by atoms with Gasteiger partial charge in [-0.1, -0.05) is 18.2 Å². The van der Waals surface area contributed by atoms with Crippen LogP contribution in [0.15, 0.2) is 42.5 Å². The van der Waals surface area contributed by atoms with Gasteiger partial charge in [0.1, 0.15) is 17.7 Å². The zero-order chi connectivity index (χ0) is 18.5. The maximum absolute atomic E-state index is 13.0. The number of methoxy groups -OCH3 is 1. The molecule has 0 spiro atoms. The number of ether oxygens (including phenoxy) is 1. The Balaban J connectivity index is 1.49. The molecular weight excluding hydrogens is 331 g/mol. The summed E-state index contributed by atoms with van der Waals surface area (Å²) in [6.07, 6.45) is 3.05. The predicted molar refractivity (Wildman–Crippen MR) is 101 cm³/mol. The van der Waals surface area contributed by atoms with Gasteiger partial charge in [-0.3, -0.25) is 4.84 Å². The number of hydrogen-bond acceptors (Lipinski definition) is 4. The maximum atomic E-state index is 13.0. The van der Waals surface area contributed by atoms with E-state index in [1.807, 2.05) is 24.1 Å². The summed E-state index contributed by atoms with van der Waals surface area (Å²) in [5, 5.41) is 2.03. The molecule has 1 unspecified atom stereocenters. The summed E-state index contributed by atoms with van der Waals surface area (Å²) in [4.78, 5) is 6.04. The van der Waals surface area contributed by atoms with Crippen LogP contribution in [0, 0.1) is 11.7 Å². The van der Waals surface area contributed by atoms with Gasteiger partial charge in [0.05, 0.1) is 7.11 Å². The fourth-order valence-electron chi connectivity index (χ4n) is 3.43. The lowest BCUT2D eigenvalue weighted by atomic mass is 9.90. The van der Waals surface area contributed by atoms with Gasteiger partial charge in [0.2, 0.25) is 0 Å². The Labute approximate surface area is 154 Å². The van der Waals surface area contributed by atoms with E-state index >= 15 is 0 Å². The molecule has 2 aromatic rings. The second kappa shape index (κ2) is 8.52. The molecule has 1 saturated heterocycles. The van der Waals surface area contributed by atoms with E-state index in [-0.39, 0.29) is 11.9 Å². The third-order valence-corrected chi connectivity index (χ3v) is 5.08. The van der Waals surface area contributed by atoms with Crippen molar-refractivity contribution in [3.8, 4) is 5.75 Å². The topological polar surface area (TPSA) is 47.7 Å². The van der Waals surface area contributed by atoms with Crippen LogP contribution >= 0.6 is 0 Å². The standard InChI is InChI=1S/C21H27FN2O2/c1-15(17-3-6-19(22)7-4-17)26-24-11-9-16(10-12-24)13-18-5-8-20(25-2)14-21(18)23/h3-8,14-16H,9-13,23H2,1-2H3. The number of halogens is 1. The highest BCUT2D eigenvalue weighted by atomic mass is 19.1. The normalized spacial score (nSPS) is 17.2. The molecule has 0 aliphatic carbocycles. The van der Waals surface area contributed by atoms with Gasteiger partial charge in [-0.15, -0.1) is 0 Å². The Morgan fingerprint density at radius 2 is 1.85 bits per heavy atom. The molecule has 0 saturated carbocycles. The minimum Gasteiger partial charge on any atom is -0.497 e. The Bertz CT molecular complexity index is 712. The van der Waals surface area contributed by atoms with Crippen molar-refractivity contribution in [3.63, 3.8) is 0 Å². The van der Waals surface area contributed by atoms with Gasteiger partial charge in [0, 0.05) is 24.8 Å². The zero-order valence-electron chi connectivity index (χ0n) is 15.5. The molecular formula is C21H27FN2O2. The van der Waals surface area contributed by atoms with E-state index in [1.165, 1.54) is 17.7 Å². The molecule has 26 heavy (non-hydrogen) atoms. The van der Waals surface area contributed by atoms with Crippen LogP contribution in [0.5, 0.6) is 5.75 Å². The molecule has 0 radical (unpaired) electrons. The number of hydrogen-bond donors (Lipinski definition) is 1. The smallest absolute Gasteiger partial charge is 0.123 e. The summed E-state index contributed by atoms with van der Waals surface area (Å²) in [7, 11) is 1.65. The third-order valence-electron chi connectivity index (χ3n) is 5.08. The molecule has 2 N–H and O–H groups in total. The molecule has 5 heteroatoms. The third kappa shape index (κ3) is 4.74. The van der Waals surface area contributed by atoms with Crippen molar-refractivity contribution in [1.82, 2.24) is 5.06 Å². The van der Waals surface area contributed by atoms with Crippen molar-refractivity contribution in [2.45, 2.75) is 32.3 Å². The van der Waals surface area contributed by atoms with Crippen LogP contribution in [0.3, 0.4) is 0 Å². The van der Waals surface area contributed by atoms with Crippen molar-refractivity contribution >= 4 is 5.69 Å². The van der Waals surface area contributed by atoms with Crippen LogP contribution in [-0.2, 0) is 11.3 Å². The number of benzene rings is 2. The van der Waals surface area contributed by atoms with Crippen molar-refractivity contribution < 1.29 is 14.0 Å². The second-order valence-electron chi connectivity index (χ2n) is 6.94. The lowest BCUT2D eigenvalue weighted by molar-refractivity contribution is -0.207.